The van der Waals surface area contributed by atoms with Crippen LogP contribution >= 0.6 is 0 Å². The molecule has 0 bridgehead atoms. The van der Waals surface area contributed by atoms with E-state index < -0.39 is 28.7 Å². The predicted octanol–water partition coefficient (Wildman–Crippen LogP) is 4.52. The molecule has 214 valence electrons. The van der Waals surface area contributed by atoms with Gasteiger partial charge in [0, 0.05) is 32.0 Å². The van der Waals surface area contributed by atoms with Crippen LogP contribution in [0.2, 0.25) is 0 Å². The van der Waals surface area contributed by atoms with Crippen molar-refractivity contribution in [2.24, 2.45) is 11.8 Å². The molecule has 1 aliphatic rings. The molecule has 2 atom stereocenters. The standard InChI is InChI=1S/C28H45N3O7/c1-7-37-24-13-11-21(12-14-24)9-8-10-22(18-25(32)31(35)36)26(33)29-15-16-30(23(19-29)17-20(2)3)27(34)38-28(4,5)6/h11-14,20,22-23,35-36H,7-10,15-19H2,1-6H3/t22?,23-/m1/s1. The van der Waals surface area contributed by atoms with Gasteiger partial charge < -0.3 is 19.3 Å². The van der Waals surface area contributed by atoms with Gasteiger partial charge in [0.15, 0.2) is 0 Å². The van der Waals surface area contributed by atoms with Gasteiger partial charge in [-0.3, -0.25) is 20.0 Å². The van der Waals surface area contributed by atoms with E-state index in [9.17, 15) is 24.8 Å². The maximum Gasteiger partial charge on any atom is 0.410 e. The van der Waals surface area contributed by atoms with Gasteiger partial charge in [-0.1, -0.05) is 31.2 Å². The Morgan fingerprint density at radius 2 is 1.76 bits per heavy atom. The molecule has 3 amide bonds. The van der Waals surface area contributed by atoms with Crippen molar-refractivity contribution in [2.45, 2.75) is 85.3 Å². The van der Waals surface area contributed by atoms with Gasteiger partial charge in [0.05, 0.1) is 12.6 Å². The number of piperazine rings is 1. The Morgan fingerprint density at radius 3 is 2.32 bits per heavy atom. The van der Waals surface area contributed by atoms with E-state index in [1.807, 2.05) is 52.0 Å². The minimum atomic E-state index is -0.935. The molecule has 10 nitrogen and oxygen atoms in total. The molecule has 0 aromatic heterocycles. The summed E-state index contributed by atoms with van der Waals surface area (Å²) in [6.45, 7) is 13.1. The highest BCUT2D eigenvalue weighted by Gasteiger charge is 2.37. The molecule has 1 saturated heterocycles. The monoisotopic (exact) mass is 535 g/mol. The number of rotatable bonds is 11. The van der Waals surface area contributed by atoms with Crippen LogP contribution in [0.1, 0.15) is 72.8 Å². The molecule has 1 fully saturated rings. The van der Waals surface area contributed by atoms with E-state index in [2.05, 4.69) is 13.8 Å². The van der Waals surface area contributed by atoms with Crippen molar-refractivity contribution in [3.8, 4) is 5.75 Å². The molecule has 0 saturated carbocycles. The van der Waals surface area contributed by atoms with Gasteiger partial charge >= 0.3 is 6.09 Å². The molecule has 2 N–H and O–H groups in total. The molecule has 2 rings (SSSR count). The molecule has 1 unspecified atom stereocenters. The summed E-state index contributed by atoms with van der Waals surface area (Å²) in [6, 6.07) is 7.54. The first kappa shape index (κ1) is 31.4. The minimum Gasteiger partial charge on any atom is -0.494 e. The Balaban J connectivity index is 2.10. The fraction of sp³-hybridized carbons (Fsp3) is 0.679. The van der Waals surface area contributed by atoms with Crippen LogP contribution in [0.15, 0.2) is 24.3 Å². The SMILES string of the molecule is CCOc1ccc(CCCC(CC(=O)N(O)O)C(=O)N2CCN(C(=O)OC(C)(C)C)[C@H](CC(C)C)C2)cc1. The van der Waals surface area contributed by atoms with Gasteiger partial charge in [0.1, 0.15) is 11.4 Å². The van der Waals surface area contributed by atoms with Crippen molar-refractivity contribution < 1.29 is 34.3 Å². The molecule has 0 spiro atoms. The first-order chi connectivity index (χ1) is 17.8. The number of carbonyl (C=O) groups is 3. The van der Waals surface area contributed by atoms with Crippen LogP contribution in [0, 0.1) is 11.8 Å². The Kier molecular flexibility index (Phi) is 11.8. The Labute approximate surface area is 226 Å². The van der Waals surface area contributed by atoms with Crippen LogP contribution in [-0.4, -0.2) is 81.2 Å². The summed E-state index contributed by atoms with van der Waals surface area (Å²) in [5.74, 6) is -0.772. The Hall–Kier alpha value is -2.85. The van der Waals surface area contributed by atoms with Crippen molar-refractivity contribution in [3.63, 3.8) is 0 Å². The number of hydrogen-bond donors (Lipinski definition) is 2. The van der Waals surface area contributed by atoms with Crippen molar-refractivity contribution in [3.05, 3.63) is 29.8 Å². The van der Waals surface area contributed by atoms with Gasteiger partial charge in [-0.25, -0.2) is 4.79 Å². The van der Waals surface area contributed by atoms with Crippen LogP contribution in [0.25, 0.3) is 0 Å². The first-order valence-electron chi connectivity index (χ1n) is 13.5. The highest BCUT2D eigenvalue weighted by atomic mass is 16.8. The van der Waals surface area contributed by atoms with Crippen molar-refractivity contribution in [1.29, 1.82) is 0 Å². The average Bonchev–Trinajstić information content (AvgIpc) is 2.82. The molecule has 0 radical (unpaired) electrons. The number of hydroxylamine groups is 2. The van der Waals surface area contributed by atoms with Gasteiger partial charge in [0.25, 0.3) is 5.91 Å². The fourth-order valence-corrected chi connectivity index (χ4v) is 4.70. The van der Waals surface area contributed by atoms with E-state index in [1.54, 1.807) is 9.80 Å². The third kappa shape index (κ3) is 10.1. The molecule has 1 heterocycles. The molecule has 1 aromatic carbocycles. The van der Waals surface area contributed by atoms with E-state index in [0.717, 1.165) is 11.3 Å². The number of carbonyl (C=O) groups excluding carboxylic acids is 3. The molecular weight excluding hydrogens is 490 g/mol. The number of nitrogens with zero attached hydrogens (tertiary/aromatic N) is 3. The van der Waals surface area contributed by atoms with Gasteiger partial charge in [-0.2, -0.15) is 0 Å². The average molecular weight is 536 g/mol. The van der Waals surface area contributed by atoms with E-state index in [0.29, 0.717) is 57.8 Å². The zero-order valence-corrected chi connectivity index (χ0v) is 23.7. The topological polar surface area (TPSA) is 120 Å². The van der Waals surface area contributed by atoms with Gasteiger partial charge in [-0.05, 0) is 77.0 Å². The zero-order chi connectivity index (χ0) is 28.5. The van der Waals surface area contributed by atoms with Crippen LogP contribution in [0.3, 0.4) is 0 Å². The van der Waals surface area contributed by atoms with Crippen LogP contribution < -0.4 is 4.74 Å². The lowest BCUT2D eigenvalue weighted by Crippen LogP contribution is -2.58. The van der Waals surface area contributed by atoms with Crippen molar-refractivity contribution in [2.75, 3.05) is 26.2 Å². The maximum absolute atomic E-state index is 13.6. The molecule has 10 heteroatoms. The Morgan fingerprint density at radius 1 is 1.11 bits per heavy atom. The fourth-order valence-electron chi connectivity index (χ4n) is 4.70. The third-order valence-electron chi connectivity index (χ3n) is 6.41. The lowest BCUT2D eigenvalue weighted by molar-refractivity contribution is -0.285. The van der Waals surface area contributed by atoms with E-state index in [4.69, 9.17) is 9.47 Å². The summed E-state index contributed by atoms with van der Waals surface area (Å²) in [6.07, 6.45) is 1.75. The number of benzene rings is 1. The highest BCUT2D eigenvalue weighted by Crippen LogP contribution is 2.25. The lowest BCUT2D eigenvalue weighted by atomic mass is 9.93. The molecule has 1 aliphatic heterocycles. The summed E-state index contributed by atoms with van der Waals surface area (Å²) >= 11 is 0. The number of hydrogen-bond acceptors (Lipinski definition) is 7. The second-order valence-electron chi connectivity index (χ2n) is 11.3. The number of aryl methyl sites for hydroxylation is 1. The van der Waals surface area contributed by atoms with E-state index in [-0.39, 0.29) is 18.4 Å². The largest absolute Gasteiger partial charge is 0.494 e. The summed E-state index contributed by atoms with van der Waals surface area (Å²) < 4.78 is 11.1. The zero-order valence-electron chi connectivity index (χ0n) is 23.7. The second kappa shape index (κ2) is 14.3. The summed E-state index contributed by atoms with van der Waals surface area (Å²) in [7, 11) is 0. The smallest absolute Gasteiger partial charge is 0.410 e. The summed E-state index contributed by atoms with van der Waals surface area (Å²) in [4.78, 5) is 42.0. The second-order valence-corrected chi connectivity index (χ2v) is 11.3. The molecule has 1 aromatic rings. The summed E-state index contributed by atoms with van der Waals surface area (Å²) in [5.41, 5.74) is 0.460. The van der Waals surface area contributed by atoms with E-state index in [1.165, 1.54) is 0 Å². The van der Waals surface area contributed by atoms with Gasteiger partial charge in [0.2, 0.25) is 5.91 Å². The molecule has 38 heavy (non-hydrogen) atoms. The number of ether oxygens (including phenoxy) is 2. The normalized spacial score (nSPS) is 16.8. The minimum absolute atomic E-state index is 0.213. The Bertz CT molecular complexity index is 912. The number of amides is 3. The quantitative estimate of drug-likeness (QED) is 0.316. The van der Waals surface area contributed by atoms with Crippen LogP contribution in [0.4, 0.5) is 4.79 Å². The lowest BCUT2D eigenvalue weighted by Gasteiger charge is -2.43. The predicted molar refractivity (Wildman–Crippen MR) is 142 cm³/mol. The molecule has 0 aliphatic carbocycles. The maximum atomic E-state index is 13.6. The van der Waals surface area contributed by atoms with Crippen molar-refractivity contribution in [1.82, 2.24) is 15.0 Å². The van der Waals surface area contributed by atoms with Crippen LogP contribution in [0.5, 0.6) is 5.75 Å². The van der Waals surface area contributed by atoms with Gasteiger partial charge in [-0.15, -0.1) is 0 Å². The first-order valence-corrected chi connectivity index (χ1v) is 13.5. The molecular formula is C28H45N3O7. The van der Waals surface area contributed by atoms with Crippen molar-refractivity contribution >= 4 is 17.9 Å². The summed E-state index contributed by atoms with van der Waals surface area (Å²) in [5, 5.41) is 18.0. The highest BCUT2D eigenvalue weighted by molar-refractivity contribution is 5.85. The third-order valence-corrected chi connectivity index (χ3v) is 6.41. The van der Waals surface area contributed by atoms with Crippen LogP contribution in [-0.2, 0) is 20.7 Å². The van der Waals surface area contributed by atoms with E-state index >= 15 is 0 Å².